The van der Waals surface area contributed by atoms with E-state index >= 15 is 0 Å². The molecule has 1 rings (SSSR count). The lowest BCUT2D eigenvalue weighted by molar-refractivity contribution is -0.117. The highest BCUT2D eigenvalue weighted by atomic mass is 35.5. The first kappa shape index (κ1) is 17.9. The molecule has 2 N–H and O–H groups in total. The maximum Gasteiger partial charge on any atom is 0.239 e. The Morgan fingerprint density at radius 3 is 2.67 bits per heavy atom. The van der Waals surface area contributed by atoms with Gasteiger partial charge in [-0.15, -0.1) is 0 Å². The predicted molar refractivity (Wildman–Crippen MR) is 85.5 cm³/mol. The van der Waals surface area contributed by atoms with Gasteiger partial charge in [-0.3, -0.25) is 9.69 Å². The van der Waals surface area contributed by atoms with Gasteiger partial charge in [0.15, 0.2) is 0 Å². The number of aliphatic hydroxyl groups excluding tert-OH is 1. The lowest BCUT2D eigenvalue weighted by Gasteiger charge is -2.29. The van der Waals surface area contributed by atoms with Crippen LogP contribution in [0.15, 0.2) is 18.3 Å². The van der Waals surface area contributed by atoms with E-state index in [4.69, 9.17) is 16.7 Å². The van der Waals surface area contributed by atoms with Crippen molar-refractivity contribution in [2.75, 3.05) is 31.6 Å². The van der Waals surface area contributed by atoms with Crippen molar-refractivity contribution in [1.82, 2.24) is 9.88 Å². The van der Waals surface area contributed by atoms with Gasteiger partial charge in [0.05, 0.1) is 11.6 Å². The molecule has 0 saturated carbocycles. The van der Waals surface area contributed by atoms with Crippen LogP contribution in [0, 0.1) is 5.41 Å². The molecule has 0 atom stereocenters. The van der Waals surface area contributed by atoms with Gasteiger partial charge in [0.2, 0.25) is 5.91 Å². The van der Waals surface area contributed by atoms with E-state index in [1.54, 1.807) is 12.1 Å². The number of nitrogens with one attached hydrogen (secondary N) is 1. The molecule has 0 fully saturated rings. The number of nitrogens with zero attached hydrogens (tertiary/aromatic N) is 2. The first-order chi connectivity index (χ1) is 9.80. The number of pyridine rings is 1. The Balaban J connectivity index is 2.56. The fourth-order valence-corrected chi connectivity index (χ4v) is 2.13. The number of carbonyl (C=O) groups is 1. The van der Waals surface area contributed by atoms with Crippen molar-refractivity contribution in [3.8, 4) is 0 Å². The molecule has 6 heteroatoms. The maximum atomic E-state index is 12.1. The standard InChI is InChI=1S/C15H24ClN3O2/c1-15(2,3)11-19(7-4-8-20)10-14(21)18-13-6-5-12(16)9-17-13/h5-6,9,20H,4,7-8,10-11H2,1-3H3,(H,17,18,21). The van der Waals surface area contributed by atoms with Crippen molar-refractivity contribution in [1.29, 1.82) is 0 Å². The van der Waals surface area contributed by atoms with E-state index in [1.807, 2.05) is 4.90 Å². The molecule has 0 aliphatic heterocycles. The fourth-order valence-electron chi connectivity index (χ4n) is 2.01. The minimum absolute atomic E-state index is 0.0915. The van der Waals surface area contributed by atoms with Crippen LogP contribution in [-0.4, -0.2) is 47.1 Å². The van der Waals surface area contributed by atoms with Crippen molar-refractivity contribution in [2.45, 2.75) is 27.2 Å². The fraction of sp³-hybridized carbons (Fsp3) is 0.600. The molecule has 1 heterocycles. The molecule has 0 saturated heterocycles. The number of hydrogen-bond acceptors (Lipinski definition) is 4. The van der Waals surface area contributed by atoms with Crippen LogP contribution in [0.5, 0.6) is 0 Å². The summed E-state index contributed by atoms with van der Waals surface area (Å²) in [6.07, 6.45) is 2.15. The predicted octanol–water partition coefficient (Wildman–Crippen LogP) is 2.40. The summed E-state index contributed by atoms with van der Waals surface area (Å²) in [5, 5.41) is 12.2. The van der Waals surface area contributed by atoms with Gasteiger partial charge in [-0.1, -0.05) is 32.4 Å². The SMILES string of the molecule is CC(C)(C)CN(CCCO)CC(=O)Nc1ccc(Cl)cn1. The van der Waals surface area contributed by atoms with E-state index < -0.39 is 0 Å². The number of aliphatic hydroxyl groups is 1. The largest absolute Gasteiger partial charge is 0.396 e. The maximum absolute atomic E-state index is 12.1. The number of amides is 1. The highest BCUT2D eigenvalue weighted by Crippen LogP contribution is 2.15. The van der Waals surface area contributed by atoms with Crippen LogP contribution >= 0.6 is 11.6 Å². The van der Waals surface area contributed by atoms with Gasteiger partial charge in [-0.25, -0.2) is 4.98 Å². The van der Waals surface area contributed by atoms with Crippen LogP contribution in [-0.2, 0) is 4.79 Å². The van der Waals surface area contributed by atoms with Gasteiger partial charge in [-0.05, 0) is 24.0 Å². The summed E-state index contributed by atoms with van der Waals surface area (Å²) in [5.41, 5.74) is 0.0915. The Kier molecular flexibility index (Phi) is 7.08. The second kappa shape index (κ2) is 8.32. The van der Waals surface area contributed by atoms with Crippen molar-refractivity contribution in [3.63, 3.8) is 0 Å². The van der Waals surface area contributed by atoms with Crippen molar-refractivity contribution in [3.05, 3.63) is 23.4 Å². The Hall–Kier alpha value is -1.17. The van der Waals surface area contributed by atoms with Crippen molar-refractivity contribution >= 4 is 23.3 Å². The molecule has 1 amide bonds. The lowest BCUT2D eigenvalue weighted by Crippen LogP contribution is -2.39. The van der Waals surface area contributed by atoms with E-state index in [1.165, 1.54) is 6.20 Å². The third kappa shape index (κ3) is 7.99. The zero-order valence-corrected chi connectivity index (χ0v) is 13.7. The molecule has 5 nitrogen and oxygen atoms in total. The van der Waals surface area contributed by atoms with Crippen LogP contribution < -0.4 is 5.32 Å². The first-order valence-electron chi connectivity index (χ1n) is 7.05. The Morgan fingerprint density at radius 1 is 1.43 bits per heavy atom. The Morgan fingerprint density at radius 2 is 2.14 bits per heavy atom. The summed E-state index contributed by atoms with van der Waals surface area (Å²) in [6, 6.07) is 3.35. The smallest absolute Gasteiger partial charge is 0.239 e. The minimum atomic E-state index is -0.119. The van der Waals surface area contributed by atoms with E-state index in [2.05, 4.69) is 31.1 Å². The first-order valence-corrected chi connectivity index (χ1v) is 7.42. The van der Waals surface area contributed by atoms with Crippen molar-refractivity contribution < 1.29 is 9.90 Å². The lowest BCUT2D eigenvalue weighted by atomic mass is 9.96. The normalized spacial score (nSPS) is 11.7. The zero-order chi connectivity index (χ0) is 15.9. The summed E-state index contributed by atoms with van der Waals surface area (Å²) in [7, 11) is 0. The molecule has 21 heavy (non-hydrogen) atoms. The van der Waals surface area contributed by atoms with E-state index in [0.717, 1.165) is 6.54 Å². The van der Waals surface area contributed by atoms with E-state index in [0.29, 0.717) is 23.8 Å². The van der Waals surface area contributed by atoms with Crippen LogP contribution in [0.1, 0.15) is 27.2 Å². The van der Waals surface area contributed by atoms with Gasteiger partial charge < -0.3 is 10.4 Å². The molecule has 1 aromatic rings. The summed E-state index contributed by atoms with van der Waals surface area (Å²) in [6.45, 7) is 8.25. The molecule has 0 unspecified atom stereocenters. The number of rotatable bonds is 7. The Bertz CT molecular complexity index is 443. The van der Waals surface area contributed by atoms with Crippen molar-refractivity contribution in [2.24, 2.45) is 5.41 Å². The number of anilines is 1. The Labute approximate surface area is 131 Å². The van der Waals surface area contributed by atoms with E-state index in [-0.39, 0.29) is 24.5 Å². The number of halogens is 1. The van der Waals surface area contributed by atoms with Gasteiger partial charge >= 0.3 is 0 Å². The van der Waals surface area contributed by atoms with Gasteiger partial charge in [-0.2, -0.15) is 0 Å². The molecule has 0 bridgehead atoms. The molecule has 0 radical (unpaired) electrons. The second-order valence-corrected chi connectivity index (χ2v) is 6.69. The minimum Gasteiger partial charge on any atom is -0.396 e. The van der Waals surface area contributed by atoms with Crippen LogP contribution in [0.25, 0.3) is 0 Å². The summed E-state index contributed by atoms with van der Waals surface area (Å²) in [5.74, 6) is 0.370. The van der Waals surface area contributed by atoms with Crippen LogP contribution in [0.3, 0.4) is 0 Å². The van der Waals surface area contributed by atoms with Crippen LogP contribution in [0.2, 0.25) is 5.02 Å². The van der Waals surface area contributed by atoms with E-state index in [9.17, 15) is 4.79 Å². The van der Waals surface area contributed by atoms with Gasteiger partial charge in [0, 0.05) is 25.9 Å². The molecule has 0 aromatic carbocycles. The monoisotopic (exact) mass is 313 g/mol. The molecule has 0 aliphatic carbocycles. The van der Waals surface area contributed by atoms with Crippen LogP contribution in [0.4, 0.5) is 5.82 Å². The highest BCUT2D eigenvalue weighted by molar-refractivity contribution is 6.30. The molecule has 0 aliphatic rings. The number of hydrogen-bond donors (Lipinski definition) is 2. The topological polar surface area (TPSA) is 65.5 Å². The third-order valence-electron chi connectivity index (χ3n) is 2.69. The second-order valence-electron chi connectivity index (χ2n) is 6.26. The number of aromatic nitrogens is 1. The zero-order valence-electron chi connectivity index (χ0n) is 12.9. The molecule has 118 valence electrons. The molecule has 1 aromatic heterocycles. The molecular weight excluding hydrogens is 290 g/mol. The quantitative estimate of drug-likeness (QED) is 0.811. The molecular formula is C15H24ClN3O2. The average Bonchev–Trinajstić information content (AvgIpc) is 2.37. The molecule has 0 spiro atoms. The van der Waals surface area contributed by atoms with Gasteiger partial charge in [0.25, 0.3) is 0 Å². The summed E-state index contributed by atoms with van der Waals surface area (Å²) >= 11 is 5.76. The summed E-state index contributed by atoms with van der Waals surface area (Å²) in [4.78, 5) is 18.2. The average molecular weight is 314 g/mol. The third-order valence-corrected chi connectivity index (χ3v) is 2.92. The highest BCUT2D eigenvalue weighted by Gasteiger charge is 2.18. The van der Waals surface area contributed by atoms with Gasteiger partial charge in [0.1, 0.15) is 5.82 Å². The number of carbonyl (C=O) groups excluding carboxylic acids is 1. The summed E-state index contributed by atoms with van der Waals surface area (Å²) < 4.78 is 0.